The van der Waals surface area contributed by atoms with Crippen LogP contribution in [0, 0.1) is 17.3 Å². The quantitative estimate of drug-likeness (QED) is 0.754. The molecule has 0 spiro atoms. The molecule has 0 aliphatic heterocycles. The molecule has 0 radical (unpaired) electrons. The van der Waals surface area contributed by atoms with Crippen molar-refractivity contribution in [3.63, 3.8) is 0 Å². The highest BCUT2D eigenvalue weighted by molar-refractivity contribution is 5.75. The molecular weight excluding hydrogens is 250 g/mol. The molecule has 118 valence electrons. The minimum atomic E-state index is -0.166. The van der Waals surface area contributed by atoms with Gasteiger partial charge in [-0.2, -0.15) is 0 Å². The van der Waals surface area contributed by atoms with E-state index in [9.17, 15) is 4.79 Å². The van der Waals surface area contributed by atoms with Crippen molar-refractivity contribution in [3.05, 3.63) is 0 Å². The molecule has 0 aromatic heterocycles. The Kier molecular flexibility index (Phi) is 6.50. The topological polar surface area (TPSA) is 38.3 Å². The SMILES string of the molecule is CCC(C)(C)C1CCC(N[C@H](C(=O)OC)C(C)C)CC1. The highest BCUT2D eigenvalue weighted by atomic mass is 16.5. The Hall–Kier alpha value is -0.570. The van der Waals surface area contributed by atoms with Crippen molar-refractivity contribution in [3.8, 4) is 0 Å². The van der Waals surface area contributed by atoms with Gasteiger partial charge in [-0.3, -0.25) is 4.79 Å². The second-order valence-corrected chi connectivity index (χ2v) is 7.30. The average Bonchev–Trinajstić information content (AvgIpc) is 2.44. The Morgan fingerprint density at radius 1 is 1.25 bits per heavy atom. The minimum Gasteiger partial charge on any atom is -0.468 e. The number of nitrogens with one attached hydrogen (secondary N) is 1. The van der Waals surface area contributed by atoms with Crippen molar-refractivity contribution in [2.24, 2.45) is 17.3 Å². The number of hydrogen-bond acceptors (Lipinski definition) is 3. The molecule has 0 bridgehead atoms. The summed E-state index contributed by atoms with van der Waals surface area (Å²) >= 11 is 0. The van der Waals surface area contributed by atoms with Crippen molar-refractivity contribution in [1.82, 2.24) is 5.32 Å². The van der Waals surface area contributed by atoms with E-state index in [0.29, 0.717) is 11.5 Å². The zero-order chi connectivity index (χ0) is 15.3. The first kappa shape index (κ1) is 17.5. The lowest BCUT2D eigenvalue weighted by Gasteiger charge is -2.40. The van der Waals surface area contributed by atoms with Crippen LogP contribution in [0.25, 0.3) is 0 Å². The van der Waals surface area contributed by atoms with Crippen LogP contribution in [0.1, 0.15) is 66.7 Å². The zero-order valence-corrected chi connectivity index (χ0v) is 14.2. The van der Waals surface area contributed by atoms with Gasteiger partial charge < -0.3 is 10.1 Å². The Morgan fingerprint density at radius 3 is 2.20 bits per heavy atom. The van der Waals surface area contributed by atoms with Crippen LogP contribution in [-0.4, -0.2) is 25.2 Å². The average molecular weight is 283 g/mol. The van der Waals surface area contributed by atoms with Crippen LogP contribution in [0.2, 0.25) is 0 Å². The molecule has 20 heavy (non-hydrogen) atoms. The van der Waals surface area contributed by atoms with Gasteiger partial charge in [0.1, 0.15) is 6.04 Å². The van der Waals surface area contributed by atoms with Gasteiger partial charge in [-0.25, -0.2) is 0 Å². The van der Waals surface area contributed by atoms with Crippen molar-refractivity contribution < 1.29 is 9.53 Å². The summed E-state index contributed by atoms with van der Waals surface area (Å²) in [6.07, 6.45) is 6.13. The first-order valence-corrected chi connectivity index (χ1v) is 8.15. The standard InChI is InChI=1S/C17H33NO2/c1-7-17(4,5)13-8-10-14(11-9-13)18-15(12(2)3)16(19)20-6/h12-15,18H,7-11H2,1-6H3/t13?,14?,15-/m0/s1. The smallest absolute Gasteiger partial charge is 0.323 e. The highest BCUT2D eigenvalue weighted by Crippen LogP contribution is 2.40. The number of methoxy groups -OCH3 is 1. The molecule has 1 saturated carbocycles. The molecule has 1 rings (SSSR count). The Bertz CT molecular complexity index is 304. The molecule has 0 heterocycles. The molecule has 3 nitrogen and oxygen atoms in total. The van der Waals surface area contributed by atoms with E-state index in [1.807, 2.05) is 0 Å². The van der Waals surface area contributed by atoms with Gasteiger partial charge in [0.05, 0.1) is 7.11 Å². The molecule has 0 aromatic carbocycles. The summed E-state index contributed by atoms with van der Waals surface area (Å²) < 4.78 is 4.91. The van der Waals surface area contributed by atoms with Crippen LogP contribution in [0.5, 0.6) is 0 Å². The summed E-state index contributed by atoms with van der Waals surface area (Å²) in [4.78, 5) is 11.8. The molecule has 1 N–H and O–H groups in total. The highest BCUT2D eigenvalue weighted by Gasteiger charge is 2.33. The maximum atomic E-state index is 11.8. The largest absolute Gasteiger partial charge is 0.468 e. The van der Waals surface area contributed by atoms with Crippen molar-refractivity contribution in [2.45, 2.75) is 78.8 Å². The van der Waals surface area contributed by atoms with Gasteiger partial charge in [0.15, 0.2) is 0 Å². The van der Waals surface area contributed by atoms with Crippen LogP contribution in [0.3, 0.4) is 0 Å². The summed E-state index contributed by atoms with van der Waals surface area (Å²) in [5.41, 5.74) is 0.449. The molecule has 1 aliphatic rings. The van der Waals surface area contributed by atoms with E-state index in [1.165, 1.54) is 39.2 Å². The van der Waals surface area contributed by atoms with Crippen molar-refractivity contribution in [2.75, 3.05) is 7.11 Å². The lowest BCUT2D eigenvalue weighted by molar-refractivity contribution is -0.144. The summed E-state index contributed by atoms with van der Waals surface area (Å²) in [6.45, 7) is 11.2. The minimum absolute atomic E-state index is 0.129. The second-order valence-electron chi connectivity index (χ2n) is 7.30. The van der Waals surface area contributed by atoms with Gasteiger partial charge in [0.25, 0.3) is 0 Å². The third-order valence-electron chi connectivity index (χ3n) is 5.28. The fourth-order valence-electron chi connectivity index (χ4n) is 3.24. The number of carbonyl (C=O) groups excluding carboxylic acids is 1. The van der Waals surface area contributed by atoms with Gasteiger partial charge in [-0.05, 0) is 42.9 Å². The van der Waals surface area contributed by atoms with Gasteiger partial charge in [-0.15, -0.1) is 0 Å². The fourth-order valence-corrected chi connectivity index (χ4v) is 3.24. The number of hydrogen-bond donors (Lipinski definition) is 1. The van der Waals surface area contributed by atoms with Crippen LogP contribution in [0.15, 0.2) is 0 Å². The molecule has 0 aromatic rings. The molecular formula is C17H33NO2. The monoisotopic (exact) mass is 283 g/mol. The summed E-state index contributed by atoms with van der Waals surface area (Å²) in [5.74, 6) is 0.962. The Balaban J connectivity index is 2.51. The van der Waals surface area contributed by atoms with E-state index in [0.717, 1.165) is 5.92 Å². The maximum Gasteiger partial charge on any atom is 0.323 e. The van der Waals surface area contributed by atoms with E-state index < -0.39 is 0 Å². The molecule has 1 atom stereocenters. The second kappa shape index (κ2) is 7.44. The third kappa shape index (κ3) is 4.47. The van der Waals surface area contributed by atoms with Gasteiger partial charge in [0, 0.05) is 6.04 Å². The van der Waals surface area contributed by atoms with Crippen molar-refractivity contribution in [1.29, 1.82) is 0 Å². The molecule has 0 amide bonds. The van der Waals surface area contributed by atoms with Crippen LogP contribution in [-0.2, 0) is 9.53 Å². The summed E-state index contributed by atoms with van der Waals surface area (Å²) in [5, 5.41) is 3.52. The predicted octanol–water partition coefficient (Wildman–Crippen LogP) is 3.77. The van der Waals surface area contributed by atoms with E-state index in [-0.39, 0.29) is 17.9 Å². The summed E-state index contributed by atoms with van der Waals surface area (Å²) in [6, 6.07) is 0.297. The predicted molar refractivity (Wildman–Crippen MR) is 83.6 cm³/mol. The maximum absolute atomic E-state index is 11.8. The van der Waals surface area contributed by atoms with Gasteiger partial charge >= 0.3 is 5.97 Å². The van der Waals surface area contributed by atoms with Gasteiger partial charge in [0.2, 0.25) is 0 Å². The lowest BCUT2D eigenvalue weighted by Crippen LogP contribution is -2.48. The van der Waals surface area contributed by atoms with Crippen LogP contribution < -0.4 is 5.32 Å². The molecule has 0 unspecified atom stereocenters. The summed E-state index contributed by atoms with van der Waals surface area (Å²) in [7, 11) is 1.47. The number of ether oxygens (including phenoxy) is 1. The molecule has 1 aliphatic carbocycles. The Morgan fingerprint density at radius 2 is 1.80 bits per heavy atom. The van der Waals surface area contributed by atoms with Crippen LogP contribution in [0.4, 0.5) is 0 Å². The first-order valence-electron chi connectivity index (χ1n) is 8.15. The van der Waals surface area contributed by atoms with Crippen LogP contribution >= 0.6 is 0 Å². The van der Waals surface area contributed by atoms with E-state index >= 15 is 0 Å². The number of esters is 1. The molecule has 1 fully saturated rings. The number of carbonyl (C=O) groups is 1. The number of rotatable bonds is 6. The van der Waals surface area contributed by atoms with E-state index in [4.69, 9.17) is 4.74 Å². The Labute approximate surface area is 124 Å². The third-order valence-corrected chi connectivity index (χ3v) is 5.28. The normalized spacial score (nSPS) is 25.6. The van der Waals surface area contributed by atoms with Crippen molar-refractivity contribution >= 4 is 5.97 Å². The zero-order valence-electron chi connectivity index (χ0n) is 14.2. The molecule has 3 heteroatoms. The fraction of sp³-hybridized carbons (Fsp3) is 0.941. The van der Waals surface area contributed by atoms with Gasteiger partial charge in [-0.1, -0.05) is 41.0 Å². The lowest BCUT2D eigenvalue weighted by atomic mass is 9.69. The van der Waals surface area contributed by atoms with E-state index in [2.05, 4.69) is 39.9 Å². The molecule has 0 saturated heterocycles. The van der Waals surface area contributed by atoms with E-state index in [1.54, 1.807) is 0 Å². The first-order chi connectivity index (χ1) is 9.31.